The van der Waals surface area contributed by atoms with Gasteiger partial charge in [-0.3, -0.25) is 0 Å². The number of ether oxygens (including phenoxy) is 1. The van der Waals surface area contributed by atoms with Crippen molar-refractivity contribution in [1.82, 2.24) is 5.32 Å². The fourth-order valence-electron chi connectivity index (χ4n) is 1.78. The Morgan fingerprint density at radius 3 is 3.00 bits per heavy atom. The number of hydrogen-bond donors (Lipinski definition) is 2. The summed E-state index contributed by atoms with van der Waals surface area (Å²) in [6, 6.07) is 1.62. The Hall–Kier alpha value is -0.840. The quantitative estimate of drug-likeness (QED) is 0.797. The van der Waals surface area contributed by atoms with Crippen LogP contribution in [0.25, 0.3) is 0 Å². The third kappa shape index (κ3) is 2.00. The predicted molar refractivity (Wildman–Crippen MR) is 59.4 cm³/mol. The molecule has 0 amide bonds. The summed E-state index contributed by atoms with van der Waals surface area (Å²) >= 11 is 5.75. The number of rotatable bonds is 1. The SMILES string of the molecule is Cc1cc(C2CNCCO2)c(F)c(O)c1Cl. The molecule has 0 bridgehead atoms. The molecule has 0 spiro atoms. The molecular weight excluding hydrogens is 233 g/mol. The van der Waals surface area contributed by atoms with Gasteiger partial charge in [-0.1, -0.05) is 11.6 Å². The lowest BCUT2D eigenvalue weighted by Crippen LogP contribution is -2.33. The monoisotopic (exact) mass is 245 g/mol. The van der Waals surface area contributed by atoms with Crippen LogP contribution in [-0.2, 0) is 4.74 Å². The number of aryl methyl sites for hydroxylation is 1. The van der Waals surface area contributed by atoms with E-state index >= 15 is 0 Å². The molecular formula is C11H13ClFNO2. The Bertz CT molecular complexity index is 405. The van der Waals surface area contributed by atoms with E-state index in [4.69, 9.17) is 16.3 Å². The van der Waals surface area contributed by atoms with E-state index in [2.05, 4.69) is 5.32 Å². The van der Waals surface area contributed by atoms with E-state index in [0.717, 1.165) is 6.54 Å². The molecule has 1 unspecified atom stereocenters. The van der Waals surface area contributed by atoms with Crippen LogP contribution in [0.15, 0.2) is 6.07 Å². The van der Waals surface area contributed by atoms with Crippen molar-refractivity contribution in [3.63, 3.8) is 0 Å². The molecule has 2 rings (SSSR count). The molecule has 88 valence electrons. The second kappa shape index (κ2) is 4.57. The number of halogens is 2. The molecule has 1 atom stereocenters. The summed E-state index contributed by atoms with van der Waals surface area (Å²) in [4.78, 5) is 0. The van der Waals surface area contributed by atoms with Gasteiger partial charge in [0.05, 0.1) is 17.7 Å². The molecule has 0 aromatic heterocycles. The third-order valence-electron chi connectivity index (χ3n) is 2.66. The highest BCUT2D eigenvalue weighted by molar-refractivity contribution is 6.32. The van der Waals surface area contributed by atoms with Gasteiger partial charge in [0, 0.05) is 18.7 Å². The number of aromatic hydroxyl groups is 1. The summed E-state index contributed by atoms with van der Waals surface area (Å²) in [5.41, 5.74) is 0.997. The van der Waals surface area contributed by atoms with E-state index in [1.54, 1.807) is 13.0 Å². The lowest BCUT2D eigenvalue weighted by atomic mass is 10.0. The molecule has 0 radical (unpaired) electrons. The molecule has 0 aliphatic carbocycles. The summed E-state index contributed by atoms with van der Waals surface area (Å²) in [5.74, 6) is -1.19. The minimum atomic E-state index is -0.690. The smallest absolute Gasteiger partial charge is 0.172 e. The van der Waals surface area contributed by atoms with Crippen LogP contribution in [0.4, 0.5) is 4.39 Å². The van der Waals surface area contributed by atoms with Crippen LogP contribution in [0.1, 0.15) is 17.2 Å². The second-order valence-electron chi connectivity index (χ2n) is 3.82. The van der Waals surface area contributed by atoms with E-state index in [9.17, 15) is 9.50 Å². The predicted octanol–water partition coefficient (Wildman–Crippen LogP) is 2.15. The number of nitrogens with one attached hydrogen (secondary N) is 1. The first kappa shape index (κ1) is 11.6. The summed E-state index contributed by atoms with van der Waals surface area (Å²) < 4.78 is 19.2. The maximum Gasteiger partial charge on any atom is 0.172 e. The number of hydrogen-bond acceptors (Lipinski definition) is 3. The number of benzene rings is 1. The van der Waals surface area contributed by atoms with Crippen LogP contribution in [-0.4, -0.2) is 24.8 Å². The number of morpholine rings is 1. The summed E-state index contributed by atoms with van der Waals surface area (Å²) in [6.07, 6.45) is -0.365. The van der Waals surface area contributed by atoms with Gasteiger partial charge in [0.2, 0.25) is 0 Å². The first-order valence-corrected chi connectivity index (χ1v) is 5.49. The van der Waals surface area contributed by atoms with Crippen molar-refractivity contribution >= 4 is 11.6 Å². The van der Waals surface area contributed by atoms with E-state index in [-0.39, 0.29) is 11.1 Å². The Balaban J connectivity index is 2.40. The van der Waals surface area contributed by atoms with Crippen molar-refractivity contribution in [3.05, 3.63) is 28.0 Å². The molecule has 1 aliphatic rings. The summed E-state index contributed by atoms with van der Waals surface area (Å²) in [7, 11) is 0. The largest absolute Gasteiger partial charge is 0.504 e. The van der Waals surface area contributed by atoms with E-state index in [0.29, 0.717) is 24.3 Å². The van der Waals surface area contributed by atoms with Crippen molar-refractivity contribution in [2.45, 2.75) is 13.0 Å². The van der Waals surface area contributed by atoms with Gasteiger partial charge >= 0.3 is 0 Å². The maximum atomic E-state index is 13.8. The van der Waals surface area contributed by atoms with Gasteiger partial charge in [-0.05, 0) is 18.6 Å². The molecule has 16 heavy (non-hydrogen) atoms. The Morgan fingerprint density at radius 1 is 1.62 bits per heavy atom. The Kier molecular flexibility index (Phi) is 3.33. The van der Waals surface area contributed by atoms with Crippen LogP contribution in [0.2, 0.25) is 5.02 Å². The molecule has 0 saturated carbocycles. The van der Waals surface area contributed by atoms with Crippen molar-refractivity contribution in [2.75, 3.05) is 19.7 Å². The van der Waals surface area contributed by atoms with Crippen LogP contribution in [0, 0.1) is 12.7 Å². The zero-order chi connectivity index (χ0) is 11.7. The number of phenolic OH excluding ortho intramolecular Hbond substituents is 1. The molecule has 5 heteroatoms. The van der Waals surface area contributed by atoms with Gasteiger partial charge in [-0.15, -0.1) is 0 Å². The van der Waals surface area contributed by atoms with E-state index < -0.39 is 11.6 Å². The highest BCUT2D eigenvalue weighted by Gasteiger charge is 2.23. The zero-order valence-corrected chi connectivity index (χ0v) is 9.64. The van der Waals surface area contributed by atoms with Gasteiger partial charge < -0.3 is 15.2 Å². The van der Waals surface area contributed by atoms with Crippen molar-refractivity contribution in [2.24, 2.45) is 0 Å². The Morgan fingerprint density at radius 2 is 2.38 bits per heavy atom. The standard InChI is InChI=1S/C11H13ClFNO2/c1-6-4-7(8-5-14-2-3-16-8)10(13)11(15)9(6)12/h4,8,14-15H,2-3,5H2,1H3. The molecule has 2 N–H and O–H groups in total. The average molecular weight is 246 g/mol. The first-order chi connectivity index (χ1) is 7.61. The van der Waals surface area contributed by atoms with Gasteiger partial charge in [0.15, 0.2) is 11.6 Å². The van der Waals surface area contributed by atoms with Crippen LogP contribution in [0.3, 0.4) is 0 Å². The molecule has 1 aromatic rings. The normalized spacial score (nSPS) is 21.1. The lowest BCUT2D eigenvalue weighted by Gasteiger charge is -2.25. The third-order valence-corrected chi connectivity index (χ3v) is 3.14. The molecule has 1 fully saturated rings. The zero-order valence-electron chi connectivity index (χ0n) is 8.89. The average Bonchev–Trinajstić information content (AvgIpc) is 2.32. The minimum Gasteiger partial charge on any atom is -0.504 e. The van der Waals surface area contributed by atoms with Gasteiger partial charge in [0.1, 0.15) is 0 Å². The topological polar surface area (TPSA) is 41.5 Å². The first-order valence-electron chi connectivity index (χ1n) is 5.11. The van der Waals surface area contributed by atoms with Gasteiger partial charge in [-0.25, -0.2) is 4.39 Å². The van der Waals surface area contributed by atoms with Crippen LogP contribution in [0.5, 0.6) is 5.75 Å². The molecule has 1 saturated heterocycles. The van der Waals surface area contributed by atoms with Crippen LogP contribution >= 0.6 is 11.6 Å². The van der Waals surface area contributed by atoms with Crippen LogP contribution < -0.4 is 5.32 Å². The highest BCUT2D eigenvalue weighted by atomic mass is 35.5. The Labute approximate surface area is 98.2 Å². The summed E-state index contributed by atoms with van der Waals surface area (Å²) in [6.45, 7) is 3.56. The second-order valence-corrected chi connectivity index (χ2v) is 4.20. The molecule has 1 heterocycles. The highest BCUT2D eigenvalue weighted by Crippen LogP contribution is 2.35. The van der Waals surface area contributed by atoms with Crippen molar-refractivity contribution < 1.29 is 14.2 Å². The van der Waals surface area contributed by atoms with Crippen molar-refractivity contribution in [3.8, 4) is 5.75 Å². The number of phenols is 1. The van der Waals surface area contributed by atoms with Gasteiger partial charge in [0.25, 0.3) is 0 Å². The van der Waals surface area contributed by atoms with Crippen molar-refractivity contribution in [1.29, 1.82) is 0 Å². The lowest BCUT2D eigenvalue weighted by molar-refractivity contribution is 0.0252. The molecule has 3 nitrogen and oxygen atoms in total. The molecule has 1 aromatic carbocycles. The maximum absolute atomic E-state index is 13.8. The van der Waals surface area contributed by atoms with E-state index in [1.165, 1.54) is 0 Å². The van der Waals surface area contributed by atoms with Gasteiger partial charge in [-0.2, -0.15) is 0 Å². The minimum absolute atomic E-state index is 0.0602. The fraction of sp³-hybridized carbons (Fsp3) is 0.455. The van der Waals surface area contributed by atoms with E-state index in [1.807, 2.05) is 0 Å². The molecule has 1 aliphatic heterocycles. The fourth-order valence-corrected chi connectivity index (χ4v) is 1.92. The summed E-state index contributed by atoms with van der Waals surface area (Å²) in [5, 5.41) is 12.7.